The van der Waals surface area contributed by atoms with E-state index in [0.717, 1.165) is 16.3 Å². The minimum absolute atomic E-state index is 0.155. The van der Waals surface area contributed by atoms with E-state index in [0.29, 0.717) is 5.82 Å². The Hall–Kier alpha value is -2.71. The summed E-state index contributed by atoms with van der Waals surface area (Å²) >= 11 is 1.47. The van der Waals surface area contributed by atoms with Gasteiger partial charge in [0.05, 0.1) is 17.1 Å². The van der Waals surface area contributed by atoms with Crippen molar-refractivity contribution in [3.8, 4) is 6.07 Å². The first-order chi connectivity index (χ1) is 12.4. The molecule has 0 saturated carbocycles. The number of benzene rings is 2. The molecule has 0 saturated heterocycles. The van der Waals surface area contributed by atoms with Gasteiger partial charge in [-0.25, -0.2) is 0 Å². The summed E-state index contributed by atoms with van der Waals surface area (Å²) in [6.45, 7) is 4.13. The molecule has 4 nitrogen and oxygen atoms in total. The predicted octanol–water partition coefficient (Wildman–Crippen LogP) is 4.29. The zero-order valence-corrected chi connectivity index (χ0v) is 16.2. The lowest BCUT2D eigenvalue weighted by molar-refractivity contribution is -0.112. The van der Waals surface area contributed by atoms with Crippen molar-refractivity contribution < 1.29 is 4.79 Å². The van der Waals surface area contributed by atoms with E-state index in [4.69, 9.17) is 0 Å². The van der Waals surface area contributed by atoms with Gasteiger partial charge in [0.25, 0.3) is 0 Å². The topological polar surface area (TPSA) is 47.3 Å². The molecule has 3 rings (SSSR count). The predicted molar refractivity (Wildman–Crippen MR) is 108 cm³/mol. The Bertz CT molecular complexity index is 912. The summed E-state index contributed by atoms with van der Waals surface area (Å²) in [4.78, 5) is 17.6. The van der Waals surface area contributed by atoms with E-state index < -0.39 is 0 Å². The van der Waals surface area contributed by atoms with Gasteiger partial charge in [-0.1, -0.05) is 18.2 Å². The van der Waals surface area contributed by atoms with Crippen molar-refractivity contribution in [2.24, 2.45) is 0 Å². The summed E-state index contributed by atoms with van der Waals surface area (Å²) in [5, 5.41) is 9.66. The Morgan fingerprint density at radius 1 is 1.04 bits per heavy atom. The quantitative estimate of drug-likeness (QED) is 0.461. The van der Waals surface area contributed by atoms with Gasteiger partial charge in [-0.3, -0.25) is 4.79 Å². The lowest BCUT2D eigenvalue weighted by Crippen LogP contribution is -2.26. The van der Waals surface area contributed by atoms with Crippen LogP contribution in [0.4, 0.5) is 11.4 Å². The van der Waals surface area contributed by atoms with Crippen molar-refractivity contribution >= 4 is 28.9 Å². The van der Waals surface area contributed by atoms with Gasteiger partial charge in [-0.05, 0) is 49.2 Å². The Morgan fingerprint density at radius 3 is 2.19 bits per heavy atom. The second kappa shape index (κ2) is 7.27. The van der Waals surface area contributed by atoms with Crippen LogP contribution in [0.15, 0.2) is 58.8 Å². The molecule has 5 heteroatoms. The molecule has 0 atom stereocenters. The van der Waals surface area contributed by atoms with Gasteiger partial charge in [0, 0.05) is 19.0 Å². The molecule has 1 aliphatic rings. The maximum atomic E-state index is 12.8. The Morgan fingerprint density at radius 2 is 1.65 bits per heavy atom. The average molecular weight is 363 g/mol. The van der Waals surface area contributed by atoms with Crippen molar-refractivity contribution in [1.29, 1.82) is 5.26 Å². The SMILES string of the molecule is Cc1ccc(SCC(=O)C(C#N)=C2N(C)c3ccccc3N2C)cc1C. The molecule has 0 bridgehead atoms. The van der Waals surface area contributed by atoms with E-state index in [9.17, 15) is 10.1 Å². The molecule has 0 fully saturated rings. The van der Waals surface area contributed by atoms with E-state index in [1.807, 2.05) is 54.2 Å². The first kappa shape index (κ1) is 18.1. The van der Waals surface area contributed by atoms with Crippen LogP contribution >= 0.6 is 11.8 Å². The average Bonchev–Trinajstić information content (AvgIpc) is 2.89. The monoisotopic (exact) mass is 363 g/mol. The van der Waals surface area contributed by atoms with Gasteiger partial charge >= 0.3 is 0 Å². The second-order valence-corrected chi connectivity index (χ2v) is 7.42. The maximum Gasteiger partial charge on any atom is 0.187 e. The van der Waals surface area contributed by atoms with Crippen molar-refractivity contribution in [1.82, 2.24) is 0 Å². The zero-order valence-electron chi connectivity index (χ0n) is 15.4. The largest absolute Gasteiger partial charge is 0.328 e. The van der Waals surface area contributed by atoms with Crippen LogP contribution in [0.3, 0.4) is 0 Å². The van der Waals surface area contributed by atoms with E-state index >= 15 is 0 Å². The van der Waals surface area contributed by atoms with Crippen LogP contribution in [-0.4, -0.2) is 25.6 Å². The molecule has 0 aliphatic carbocycles. The Balaban J connectivity index is 1.84. The maximum absolute atomic E-state index is 12.8. The molecular formula is C21H21N3OS. The number of nitriles is 1. The Kier molecular flexibility index (Phi) is 5.06. The molecular weight excluding hydrogens is 342 g/mol. The van der Waals surface area contributed by atoms with E-state index in [2.05, 4.69) is 32.0 Å². The van der Waals surface area contributed by atoms with Crippen molar-refractivity contribution in [2.45, 2.75) is 18.7 Å². The number of nitrogens with zero attached hydrogens (tertiary/aromatic N) is 3. The number of carbonyl (C=O) groups is 1. The highest BCUT2D eigenvalue weighted by Gasteiger charge is 2.31. The van der Waals surface area contributed by atoms with Crippen LogP contribution in [0.25, 0.3) is 0 Å². The highest BCUT2D eigenvalue weighted by Crippen LogP contribution is 2.40. The van der Waals surface area contributed by atoms with Gasteiger partial charge in [-0.15, -0.1) is 11.8 Å². The number of fused-ring (bicyclic) bond motifs is 1. The molecule has 2 aromatic carbocycles. The number of hydrogen-bond acceptors (Lipinski definition) is 5. The summed E-state index contributed by atoms with van der Waals surface area (Å²) < 4.78 is 0. The van der Waals surface area contributed by atoms with Gasteiger partial charge in [-0.2, -0.15) is 5.26 Å². The second-order valence-electron chi connectivity index (χ2n) is 6.38. The van der Waals surface area contributed by atoms with Crippen LogP contribution in [0.5, 0.6) is 0 Å². The summed E-state index contributed by atoms with van der Waals surface area (Å²) in [6, 6.07) is 16.2. The zero-order chi connectivity index (χ0) is 18.8. The number of ketones is 1. The number of carbonyl (C=O) groups excluding carboxylic acids is 1. The standard InChI is InChI=1S/C21H21N3OS/c1-14-9-10-16(11-15(14)2)26-13-20(25)17(12-22)21-23(3)18-7-5-6-8-19(18)24(21)4/h5-11H,13H2,1-4H3. The van der Waals surface area contributed by atoms with Crippen molar-refractivity contribution in [2.75, 3.05) is 29.6 Å². The molecule has 0 amide bonds. The first-order valence-electron chi connectivity index (χ1n) is 8.38. The Labute approximate surface area is 158 Å². The van der Waals surface area contributed by atoms with Gasteiger partial charge in [0.15, 0.2) is 5.78 Å². The fourth-order valence-electron chi connectivity index (χ4n) is 3.08. The molecule has 0 radical (unpaired) electrons. The normalized spacial score (nSPS) is 12.8. The molecule has 132 valence electrons. The molecule has 0 unspecified atom stereocenters. The van der Waals surface area contributed by atoms with Gasteiger partial charge in [0.1, 0.15) is 17.5 Å². The third-order valence-electron chi connectivity index (χ3n) is 4.70. The fraction of sp³-hybridized carbons (Fsp3) is 0.238. The smallest absolute Gasteiger partial charge is 0.187 e. The molecule has 0 aromatic heterocycles. The lowest BCUT2D eigenvalue weighted by atomic mass is 10.1. The van der Waals surface area contributed by atoms with Crippen LogP contribution < -0.4 is 9.80 Å². The summed E-state index contributed by atoms with van der Waals surface area (Å²) in [5.74, 6) is 0.726. The van der Waals surface area contributed by atoms with Crippen LogP contribution in [0.2, 0.25) is 0 Å². The fourth-order valence-corrected chi connectivity index (χ4v) is 3.95. The van der Waals surface area contributed by atoms with E-state index in [1.54, 1.807) is 0 Å². The summed E-state index contributed by atoms with van der Waals surface area (Å²) in [6.07, 6.45) is 0. The molecule has 1 heterocycles. The minimum Gasteiger partial charge on any atom is -0.328 e. The number of para-hydroxylation sites is 2. The number of Topliss-reactive ketones (excluding diaryl/α,β-unsaturated/α-hetero) is 1. The highest BCUT2D eigenvalue weighted by atomic mass is 32.2. The highest BCUT2D eigenvalue weighted by molar-refractivity contribution is 8.00. The number of anilines is 2. The van der Waals surface area contributed by atoms with Gasteiger partial charge < -0.3 is 9.80 Å². The molecule has 26 heavy (non-hydrogen) atoms. The van der Waals surface area contributed by atoms with Crippen LogP contribution in [0.1, 0.15) is 11.1 Å². The molecule has 1 aliphatic heterocycles. The first-order valence-corrected chi connectivity index (χ1v) is 9.36. The summed E-state index contributed by atoms with van der Waals surface area (Å²) in [7, 11) is 3.78. The van der Waals surface area contributed by atoms with Crippen molar-refractivity contribution in [3.63, 3.8) is 0 Å². The number of rotatable bonds is 4. The minimum atomic E-state index is -0.155. The van der Waals surface area contributed by atoms with Gasteiger partial charge in [0.2, 0.25) is 0 Å². The van der Waals surface area contributed by atoms with Crippen molar-refractivity contribution in [3.05, 3.63) is 65.0 Å². The van der Waals surface area contributed by atoms with E-state index in [-0.39, 0.29) is 17.1 Å². The lowest BCUT2D eigenvalue weighted by Gasteiger charge is -2.19. The van der Waals surface area contributed by atoms with E-state index in [1.165, 1.54) is 22.9 Å². The van der Waals surface area contributed by atoms with Crippen LogP contribution in [-0.2, 0) is 4.79 Å². The number of aryl methyl sites for hydroxylation is 2. The third kappa shape index (κ3) is 3.21. The molecule has 0 N–H and O–H groups in total. The molecule has 2 aromatic rings. The molecule has 0 spiro atoms. The summed E-state index contributed by atoms with van der Waals surface area (Å²) in [5.41, 5.74) is 4.61. The number of thioether (sulfide) groups is 1. The number of hydrogen-bond donors (Lipinski definition) is 0. The van der Waals surface area contributed by atoms with Crippen LogP contribution in [0, 0.1) is 25.2 Å². The number of allylic oxidation sites excluding steroid dienone is 1. The third-order valence-corrected chi connectivity index (χ3v) is 5.70.